The van der Waals surface area contributed by atoms with Crippen LogP contribution in [0.4, 0.5) is 10.2 Å². The molecule has 4 rings (SSSR count). The minimum atomic E-state index is -0.331. The van der Waals surface area contributed by atoms with Crippen LogP contribution >= 0.6 is 0 Å². The lowest BCUT2D eigenvalue weighted by Gasteiger charge is -2.32. The average molecular weight is 355 g/mol. The molecule has 2 atom stereocenters. The van der Waals surface area contributed by atoms with E-state index in [2.05, 4.69) is 25.6 Å². The minimum Gasteiger partial charge on any atom is -0.379 e. The molecule has 0 unspecified atom stereocenters. The van der Waals surface area contributed by atoms with E-state index in [9.17, 15) is 9.18 Å². The summed E-state index contributed by atoms with van der Waals surface area (Å²) in [5, 5.41) is 6.97. The van der Waals surface area contributed by atoms with E-state index in [0.29, 0.717) is 36.5 Å². The third-order valence-corrected chi connectivity index (χ3v) is 4.42. The normalized spacial score (nSPS) is 20.0. The Hall–Kier alpha value is -3.00. The maximum Gasteiger partial charge on any atom is 0.268 e. The average Bonchev–Trinajstić information content (AvgIpc) is 3.07. The lowest BCUT2D eigenvalue weighted by Crippen LogP contribution is -2.52. The zero-order valence-electron chi connectivity index (χ0n) is 13.9. The number of carbonyl (C=O) groups excluding carboxylic acids is 1. The molecule has 8 heteroatoms. The molecule has 0 spiro atoms. The molecule has 1 saturated heterocycles. The van der Waals surface area contributed by atoms with E-state index in [1.54, 1.807) is 24.4 Å². The Balaban J connectivity index is 1.48. The minimum absolute atomic E-state index is 0.107. The van der Waals surface area contributed by atoms with E-state index in [-0.39, 0.29) is 23.8 Å². The van der Waals surface area contributed by atoms with Crippen molar-refractivity contribution in [2.45, 2.75) is 18.5 Å². The number of hydrogen-bond acceptors (Lipinski definition) is 5. The molecule has 1 aliphatic rings. The lowest BCUT2D eigenvalue weighted by molar-refractivity contribution is 0.0618. The fourth-order valence-corrected chi connectivity index (χ4v) is 3.09. The van der Waals surface area contributed by atoms with Gasteiger partial charge >= 0.3 is 0 Å². The van der Waals surface area contributed by atoms with Gasteiger partial charge in [-0.3, -0.25) is 4.79 Å². The summed E-state index contributed by atoms with van der Waals surface area (Å²) < 4.78 is 18.9. The summed E-state index contributed by atoms with van der Waals surface area (Å²) in [6.07, 6.45) is 3.79. The van der Waals surface area contributed by atoms with Gasteiger partial charge < -0.3 is 20.4 Å². The lowest BCUT2D eigenvalue weighted by atomic mass is 10.0. The van der Waals surface area contributed by atoms with Gasteiger partial charge in [0.2, 0.25) is 0 Å². The quantitative estimate of drug-likeness (QED) is 0.667. The predicted molar refractivity (Wildman–Crippen MR) is 94.4 cm³/mol. The third-order valence-electron chi connectivity index (χ3n) is 4.42. The number of nitrogens with zero attached hydrogens (tertiary/aromatic N) is 2. The molecule has 0 aliphatic carbocycles. The van der Waals surface area contributed by atoms with Crippen LogP contribution in [0.5, 0.6) is 0 Å². The molecule has 1 amide bonds. The van der Waals surface area contributed by atoms with Crippen LogP contribution < -0.4 is 10.6 Å². The van der Waals surface area contributed by atoms with Crippen LogP contribution in [0, 0.1) is 5.82 Å². The number of nitrogens with one attached hydrogen (secondary N) is 3. The molecule has 0 saturated carbocycles. The van der Waals surface area contributed by atoms with Crippen LogP contribution in [0.25, 0.3) is 10.9 Å². The van der Waals surface area contributed by atoms with Crippen molar-refractivity contribution in [2.24, 2.45) is 0 Å². The van der Waals surface area contributed by atoms with Crippen LogP contribution in [0.3, 0.4) is 0 Å². The smallest absolute Gasteiger partial charge is 0.268 e. The number of ether oxygens (including phenoxy) is 1. The molecule has 26 heavy (non-hydrogen) atoms. The zero-order valence-corrected chi connectivity index (χ0v) is 13.9. The summed E-state index contributed by atoms with van der Waals surface area (Å²) in [4.78, 5) is 23.7. The molecule has 3 heterocycles. The first-order valence-electron chi connectivity index (χ1n) is 8.38. The summed E-state index contributed by atoms with van der Waals surface area (Å²) >= 11 is 0. The molecule has 1 aromatic carbocycles. The molecular weight excluding hydrogens is 337 g/mol. The summed E-state index contributed by atoms with van der Waals surface area (Å²) in [7, 11) is 0. The maximum absolute atomic E-state index is 13.3. The number of anilines is 1. The fourth-order valence-electron chi connectivity index (χ4n) is 3.09. The van der Waals surface area contributed by atoms with Gasteiger partial charge in [-0.15, -0.1) is 0 Å². The van der Waals surface area contributed by atoms with E-state index in [0.717, 1.165) is 5.52 Å². The van der Waals surface area contributed by atoms with Crippen LogP contribution in [0.1, 0.15) is 16.9 Å². The highest BCUT2D eigenvalue weighted by Gasteiger charge is 2.28. The Morgan fingerprint density at radius 3 is 3.04 bits per heavy atom. The van der Waals surface area contributed by atoms with Gasteiger partial charge in [0.05, 0.1) is 18.7 Å². The predicted octanol–water partition coefficient (Wildman–Crippen LogP) is 2.10. The molecule has 1 fully saturated rings. The number of rotatable bonds is 4. The van der Waals surface area contributed by atoms with Gasteiger partial charge in [-0.05, 0) is 36.8 Å². The van der Waals surface area contributed by atoms with Crippen molar-refractivity contribution < 1.29 is 13.9 Å². The van der Waals surface area contributed by atoms with E-state index in [1.165, 1.54) is 18.5 Å². The van der Waals surface area contributed by atoms with Crippen molar-refractivity contribution in [1.29, 1.82) is 0 Å². The Labute approximate surface area is 149 Å². The van der Waals surface area contributed by atoms with Crippen molar-refractivity contribution in [1.82, 2.24) is 20.3 Å². The molecule has 0 bridgehead atoms. The van der Waals surface area contributed by atoms with Gasteiger partial charge in [-0.25, -0.2) is 14.4 Å². The Bertz CT molecular complexity index is 914. The number of hydrogen-bond donors (Lipinski definition) is 3. The first-order chi connectivity index (χ1) is 12.7. The molecular formula is C18H18FN5O2. The number of benzene rings is 1. The summed E-state index contributed by atoms with van der Waals surface area (Å²) in [5.41, 5.74) is 1.12. The summed E-state index contributed by atoms with van der Waals surface area (Å²) in [5.74, 6) is 0.112. The van der Waals surface area contributed by atoms with Gasteiger partial charge in [0.25, 0.3) is 5.91 Å². The first kappa shape index (κ1) is 16.5. The van der Waals surface area contributed by atoms with Crippen LogP contribution in [0.2, 0.25) is 0 Å². The Morgan fingerprint density at radius 1 is 1.27 bits per heavy atom. The Morgan fingerprint density at radius 2 is 2.19 bits per heavy atom. The van der Waals surface area contributed by atoms with Crippen LogP contribution in [-0.4, -0.2) is 46.2 Å². The topological polar surface area (TPSA) is 91.9 Å². The van der Waals surface area contributed by atoms with Crippen LogP contribution in [-0.2, 0) is 4.74 Å². The molecule has 2 aromatic heterocycles. The first-order valence-corrected chi connectivity index (χ1v) is 8.38. The number of halogens is 1. The summed E-state index contributed by atoms with van der Waals surface area (Å²) in [6, 6.07) is 7.57. The van der Waals surface area contributed by atoms with E-state index >= 15 is 0 Å². The number of amides is 1. The monoisotopic (exact) mass is 355 g/mol. The number of fused-ring (bicyclic) bond motifs is 1. The molecule has 1 aliphatic heterocycles. The largest absolute Gasteiger partial charge is 0.379 e. The molecule has 0 radical (unpaired) electrons. The summed E-state index contributed by atoms with van der Waals surface area (Å²) in [6.45, 7) is 1.04. The standard InChI is InChI=1S/C18H18FN5O2/c19-12-1-2-13-11(7-12)8-15(22-13)18(25)24-14-4-6-26-9-16(14)23-17-3-5-20-10-21-17/h1-3,5,7-8,10,14,16,22H,4,6,9H2,(H,24,25)(H,20,21,23)/t14-,16+/m0/s1. The Kier molecular flexibility index (Phi) is 4.49. The van der Waals surface area contributed by atoms with Crippen molar-refractivity contribution in [3.8, 4) is 0 Å². The number of carbonyl (C=O) groups is 1. The highest BCUT2D eigenvalue weighted by molar-refractivity contribution is 5.98. The molecule has 3 N–H and O–H groups in total. The van der Waals surface area contributed by atoms with E-state index in [4.69, 9.17) is 4.74 Å². The third kappa shape index (κ3) is 3.50. The second-order valence-corrected chi connectivity index (χ2v) is 6.20. The van der Waals surface area contributed by atoms with Gasteiger partial charge in [0.15, 0.2) is 0 Å². The molecule has 134 valence electrons. The van der Waals surface area contributed by atoms with Crippen molar-refractivity contribution in [3.05, 3.63) is 54.4 Å². The fraction of sp³-hybridized carbons (Fsp3) is 0.278. The zero-order chi connectivity index (χ0) is 17.9. The van der Waals surface area contributed by atoms with E-state index < -0.39 is 0 Å². The molecule has 7 nitrogen and oxygen atoms in total. The van der Waals surface area contributed by atoms with Crippen molar-refractivity contribution in [2.75, 3.05) is 18.5 Å². The van der Waals surface area contributed by atoms with Crippen LogP contribution in [0.15, 0.2) is 42.9 Å². The SMILES string of the molecule is O=C(N[C@H]1CCOC[C@H]1Nc1ccncn1)c1cc2cc(F)ccc2[nH]1. The number of aromatic nitrogens is 3. The maximum atomic E-state index is 13.3. The van der Waals surface area contributed by atoms with Gasteiger partial charge in [-0.1, -0.05) is 0 Å². The van der Waals surface area contributed by atoms with Gasteiger partial charge in [-0.2, -0.15) is 0 Å². The van der Waals surface area contributed by atoms with Gasteiger partial charge in [0.1, 0.15) is 23.7 Å². The van der Waals surface area contributed by atoms with Crippen molar-refractivity contribution >= 4 is 22.6 Å². The second kappa shape index (κ2) is 7.09. The van der Waals surface area contributed by atoms with E-state index in [1.807, 2.05) is 0 Å². The van der Waals surface area contributed by atoms with Crippen molar-refractivity contribution in [3.63, 3.8) is 0 Å². The highest BCUT2D eigenvalue weighted by Crippen LogP contribution is 2.18. The van der Waals surface area contributed by atoms with Gasteiger partial charge in [0, 0.05) is 23.7 Å². The number of H-pyrrole nitrogens is 1. The molecule has 3 aromatic rings. The highest BCUT2D eigenvalue weighted by atomic mass is 19.1. The number of aromatic amines is 1. The second-order valence-electron chi connectivity index (χ2n) is 6.20.